The minimum Gasteiger partial charge on any atom is -0.452 e. The number of benzene rings is 2. The number of oxazole rings is 1. The molecule has 27 heavy (non-hydrogen) atoms. The molecular formula is C20H16N2O5. The summed E-state index contributed by atoms with van der Waals surface area (Å²) in [5.41, 5.74) is 2.34. The third-order valence-corrected chi connectivity index (χ3v) is 3.59. The van der Waals surface area contributed by atoms with Gasteiger partial charge in [-0.25, -0.2) is 9.78 Å². The second kappa shape index (κ2) is 8.09. The van der Waals surface area contributed by atoms with E-state index in [0.29, 0.717) is 22.4 Å². The van der Waals surface area contributed by atoms with Gasteiger partial charge in [0.2, 0.25) is 5.89 Å². The number of para-hydroxylation sites is 2. The molecule has 7 nitrogen and oxygen atoms in total. The molecule has 7 heteroatoms. The van der Waals surface area contributed by atoms with E-state index in [-0.39, 0.29) is 11.7 Å². The predicted molar refractivity (Wildman–Crippen MR) is 99.1 cm³/mol. The van der Waals surface area contributed by atoms with Crippen LogP contribution >= 0.6 is 0 Å². The highest BCUT2D eigenvalue weighted by molar-refractivity contribution is 5.96. The quantitative estimate of drug-likeness (QED) is 0.410. The molecule has 136 valence electrons. The second-order valence-corrected chi connectivity index (χ2v) is 5.64. The number of aromatic nitrogens is 1. The minimum absolute atomic E-state index is 0.0625. The number of carbonyl (C=O) groups excluding carboxylic acids is 3. The number of carbonyl (C=O) groups is 3. The summed E-state index contributed by atoms with van der Waals surface area (Å²) in [5, 5.41) is 2.57. The fourth-order valence-electron chi connectivity index (χ4n) is 2.27. The third-order valence-electron chi connectivity index (χ3n) is 3.59. The zero-order valence-corrected chi connectivity index (χ0v) is 14.5. The van der Waals surface area contributed by atoms with E-state index in [1.54, 1.807) is 36.4 Å². The summed E-state index contributed by atoms with van der Waals surface area (Å²) in [4.78, 5) is 38.9. The van der Waals surface area contributed by atoms with Crippen LogP contribution in [0.15, 0.2) is 59.0 Å². The van der Waals surface area contributed by atoms with Crippen LogP contribution in [-0.4, -0.2) is 29.3 Å². The number of anilines is 1. The van der Waals surface area contributed by atoms with Crippen molar-refractivity contribution in [3.8, 4) is 0 Å². The number of nitrogens with one attached hydrogen (secondary N) is 1. The average molecular weight is 364 g/mol. The normalized spacial score (nSPS) is 10.9. The van der Waals surface area contributed by atoms with E-state index in [4.69, 9.17) is 9.15 Å². The van der Waals surface area contributed by atoms with Crippen LogP contribution < -0.4 is 5.32 Å². The van der Waals surface area contributed by atoms with Crippen molar-refractivity contribution >= 4 is 40.5 Å². The number of rotatable bonds is 6. The lowest BCUT2D eigenvalue weighted by molar-refractivity contribution is -0.142. The molecule has 0 aliphatic rings. The monoisotopic (exact) mass is 364 g/mol. The smallest absolute Gasteiger partial charge is 0.331 e. The molecule has 1 amide bonds. The maximum absolute atomic E-state index is 11.8. The second-order valence-electron chi connectivity index (χ2n) is 5.64. The third kappa shape index (κ3) is 4.88. The highest BCUT2D eigenvalue weighted by Gasteiger charge is 2.07. The fourth-order valence-corrected chi connectivity index (χ4v) is 2.27. The van der Waals surface area contributed by atoms with Crippen molar-refractivity contribution in [2.75, 3.05) is 11.9 Å². The predicted octanol–water partition coefficient (Wildman–Crippen LogP) is 3.23. The number of ketones is 1. The maximum Gasteiger partial charge on any atom is 0.331 e. The van der Waals surface area contributed by atoms with Gasteiger partial charge >= 0.3 is 5.97 Å². The van der Waals surface area contributed by atoms with Crippen LogP contribution in [-0.2, 0) is 14.3 Å². The Morgan fingerprint density at radius 2 is 1.85 bits per heavy atom. The first kappa shape index (κ1) is 18.1. The van der Waals surface area contributed by atoms with Gasteiger partial charge in [0.25, 0.3) is 5.91 Å². The largest absolute Gasteiger partial charge is 0.452 e. The van der Waals surface area contributed by atoms with Crippen molar-refractivity contribution in [2.24, 2.45) is 0 Å². The van der Waals surface area contributed by atoms with Crippen molar-refractivity contribution in [1.29, 1.82) is 0 Å². The van der Waals surface area contributed by atoms with Crippen LogP contribution in [0.25, 0.3) is 17.2 Å². The molecule has 1 aromatic heterocycles. The summed E-state index contributed by atoms with van der Waals surface area (Å²) >= 11 is 0. The lowest BCUT2D eigenvalue weighted by atomic mass is 10.1. The van der Waals surface area contributed by atoms with E-state index >= 15 is 0 Å². The van der Waals surface area contributed by atoms with Crippen molar-refractivity contribution in [1.82, 2.24) is 4.98 Å². The molecule has 0 unspecified atom stereocenters. The average Bonchev–Trinajstić information content (AvgIpc) is 3.08. The highest BCUT2D eigenvalue weighted by Crippen LogP contribution is 2.15. The van der Waals surface area contributed by atoms with Crippen LogP contribution in [0.5, 0.6) is 0 Å². The van der Waals surface area contributed by atoms with E-state index in [9.17, 15) is 14.4 Å². The van der Waals surface area contributed by atoms with Gasteiger partial charge in [-0.1, -0.05) is 12.1 Å². The SMILES string of the molecule is CC(=O)c1ccc(NC(=O)COC(=O)/C=C/c2nc3ccccc3o2)cc1. The summed E-state index contributed by atoms with van der Waals surface area (Å²) in [7, 11) is 0. The van der Waals surface area contributed by atoms with Gasteiger partial charge in [-0.15, -0.1) is 0 Å². The van der Waals surface area contributed by atoms with Gasteiger partial charge in [0.1, 0.15) is 5.52 Å². The number of hydrogen-bond donors (Lipinski definition) is 1. The van der Waals surface area contributed by atoms with Crippen LogP contribution in [0.3, 0.4) is 0 Å². The molecule has 0 saturated carbocycles. The first-order valence-electron chi connectivity index (χ1n) is 8.12. The molecule has 0 bridgehead atoms. The Morgan fingerprint density at radius 1 is 1.11 bits per heavy atom. The number of Topliss-reactive ketones (excluding diaryl/α,β-unsaturated/α-hetero) is 1. The van der Waals surface area contributed by atoms with Gasteiger partial charge in [-0.05, 0) is 43.3 Å². The number of ether oxygens (including phenoxy) is 1. The summed E-state index contributed by atoms with van der Waals surface area (Å²) in [5.74, 6) is -0.982. The molecular weight excluding hydrogens is 348 g/mol. The number of amides is 1. The van der Waals surface area contributed by atoms with Crippen LogP contribution in [0.1, 0.15) is 23.2 Å². The van der Waals surface area contributed by atoms with E-state index in [2.05, 4.69) is 10.3 Å². The van der Waals surface area contributed by atoms with E-state index in [1.807, 2.05) is 12.1 Å². The van der Waals surface area contributed by atoms with Gasteiger partial charge < -0.3 is 14.5 Å². The zero-order chi connectivity index (χ0) is 19.2. The molecule has 0 aliphatic carbocycles. The Kier molecular flexibility index (Phi) is 5.41. The Morgan fingerprint density at radius 3 is 2.56 bits per heavy atom. The van der Waals surface area contributed by atoms with E-state index < -0.39 is 18.5 Å². The molecule has 1 heterocycles. The molecule has 1 N–H and O–H groups in total. The molecule has 0 radical (unpaired) electrons. The molecule has 0 saturated heterocycles. The van der Waals surface area contributed by atoms with Gasteiger partial charge in [-0.3, -0.25) is 9.59 Å². The van der Waals surface area contributed by atoms with E-state index in [1.165, 1.54) is 13.0 Å². The molecule has 3 aromatic rings. The Labute approximate surface area is 154 Å². The van der Waals surface area contributed by atoms with Gasteiger partial charge in [-0.2, -0.15) is 0 Å². The van der Waals surface area contributed by atoms with Gasteiger partial charge in [0, 0.05) is 23.4 Å². The number of fused-ring (bicyclic) bond motifs is 1. The van der Waals surface area contributed by atoms with Gasteiger partial charge in [0.05, 0.1) is 0 Å². The zero-order valence-electron chi connectivity index (χ0n) is 14.5. The molecule has 0 fully saturated rings. The number of esters is 1. The summed E-state index contributed by atoms with van der Waals surface area (Å²) in [6.07, 6.45) is 2.51. The lowest BCUT2D eigenvalue weighted by Gasteiger charge is -2.05. The first-order valence-corrected chi connectivity index (χ1v) is 8.12. The van der Waals surface area contributed by atoms with E-state index in [0.717, 1.165) is 6.08 Å². The molecule has 0 atom stereocenters. The number of nitrogens with zero attached hydrogens (tertiary/aromatic N) is 1. The van der Waals surface area contributed by atoms with Crippen LogP contribution in [0.2, 0.25) is 0 Å². The molecule has 2 aromatic carbocycles. The first-order chi connectivity index (χ1) is 13.0. The van der Waals surface area contributed by atoms with Crippen molar-refractivity contribution in [2.45, 2.75) is 6.92 Å². The molecule has 0 spiro atoms. The number of hydrogen-bond acceptors (Lipinski definition) is 6. The highest BCUT2D eigenvalue weighted by atomic mass is 16.5. The van der Waals surface area contributed by atoms with Crippen molar-refractivity contribution in [3.05, 3.63) is 66.1 Å². The summed E-state index contributed by atoms with van der Waals surface area (Å²) < 4.78 is 10.3. The maximum atomic E-state index is 11.8. The standard InChI is InChI=1S/C20H16N2O5/c1-13(23)14-6-8-15(9-7-14)21-18(24)12-26-20(25)11-10-19-22-16-4-2-3-5-17(16)27-19/h2-11H,12H2,1H3,(H,21,24)/b11-10+. The van der Waals surface area contributed by atoms with Crippen molar-refractivity contribution < 1.29 is 23.5 Å². The summed E-state index contributed by atoms with van der Waals surface area (Å²) in [6, 6.07) is 13.6. The molecule has 0 aliphatic heterocycles. The Balaban J connectivity index is 1.49. The summed E-state index contributed by atoms with van der Waals surface area (Å²) in [6.45, 7) is 1.02. The lowest BCUT2D eigenvalue weighted by Crippen LogP contribution is -2.20. The van der Waals surface area contributed by atoms with Crippen LogP contribution in [0.4, 0.5) is 5.69 Å². The topological polar surface area (TPSA) is 98.5 Å². The van der Waals surface area contributed by atoms with Crippen molar-refractivity contribution in [3.63, 3.8) is 0 Å². The van der Waals surface area contributed by atoms with Crippen LogP contribution in [0, 0.1) is 0 Å². The Bertz CT molecular complexity index is 985. The Hall–Kier alpha value is -3.74. The minimum atomic E-state index is -0.695. The van der Waals surface area contributed by atoms with Gasteiger partial charge in [0.15, 0.2) is 18.0 Å². The molecule has 3 rings (SSSR count). The fraction of sp³-hybridized carbons (Fsp3) is 0.100.